The second-order valence-corrected chi connectivity index (χ2v) is 3.08. The van der Waals surface area contributed by atoms with Crippen molar-refractivity contribution >= 4 is 10.1 Å². The zero-order valence-electron chi connectivity index (χ0n) is 5.82. The van der Waals surface area contributed by atoms with Gasteiger partial charge >= 0.3 is 0 Å². The zero-order chi connectivity index (χ0) is 8.62. The van der Waals surface area contributed by atoms with E-state index in [2.05, 4.69) is 6.58 Å². The van der Waals surface area contributed by atoms with E-state index in [1.54, 1.807) is 0 Å². The molecule has 5 heteroatoms. The maximum atomic E-state index is 9.56. The lowest BCUT2D eigenvalue weighted by Crippen LogP contribution is -1.97. The van der Waals surface area contributed by atoms with Crippen molar-refractivity contribution in [2.45, 2.75) is 6.92 Å². The van der Waals surface area contributed by atoms with Gasteiger partial charge in [-0.25, -0.2) is 0 Å². The maximum absolute atomic E-state index is 9.56. The van der Waals surface area contributed by atoms with Gasteiger partial charge in [-0.2, -0.15) is 8.42 Å². The third-order valence-corrected chi connectivity index (χ3v) is 1.22. The lowest BCUT2D eigenvalue weighted by molar-refractivity contribution is 0.343. The molecule has 0 saturated heterocycles. The van der Waals surface area contributed by atoms with E-state index in [9.17, 15) is 8.42 Å². The van der Waals surface area contributed by atoms with Gasteiger partial charge < -0.3 is 5.11 Å². The molecule has 0 aliphatic carbocycles. The fourth-order valence-corrected chi connectivity index (χ4v) is 0. The highest BCUT2D eigenvalue weighted by Gasteiger charge is 1.93. The maximum Gasteiger partial charge on any atom is 0.264 e. The Morgan fingerprint density at radius 2 is 1.80 bits per heavy atom. The van der Waals surface area contributed by atoms with Crippen LogP contribution in [-0.2, 0) is 10.1 Å². The highest BCUT2D eigenvalue weighted by Crippen LogP contribution is 1.74. The number of rotatable bonds is 2. The minimum Gasteiger partial charge on any atom is -0.392 e. The molecule has 0 heterocycles. The summed E-state index contributed by atoms with van der Waals surface area (Å²) in [5.74, 6) is -0.201. The smallest absolute Gasteiger partial charge is 0.264 e. The van der Waals surface area contributed by atoms with E-state index >= 15 is 0 Å². The van der Waals surface area contributed by atoms with Gasteiger partial charge in [0.25, 0.3) is 10.1 Å². The minimum atomic E-state index is -3.66. The van der Waals surface area contributed by atoms with Crippen molar-refractivity contribution in [3.63, 3.8) is 0 Å². The van der Waals surface area contributed by atoms with Crippen LogP contribution in [0.4, 0.5) is 0 Å². The largest absolute Gasteiger partial charge is 0.392 e. The van der Waals surface area contributed by atoms with Crippen LogP contribution in [0.25, 0.3) is 0 Å². The first-order valence-electron chi connectivity index (χ1n) is 2.64. The highest BCUT2D eigenvalue weighted by molar-refractivity contribution is 7.85. The molecular weight excluding hydrogens is 156 g/mol. The predicted molar refractivity (Wildman–Crippen MR) is 39.4 cm³/mol. The molecule has 0 aromatic heterocycles. The summed E-state index contributed by atoms with van der Waals surface area (Å²) >= 11 is 0. The summed E-state index contributed by atoms with van der Waals surface area (Å²) in [6.45, 7) is 4.68. The van der Waals surface area contributed by atoms with Crippen molar-refractivity contribution in [2.24, 2.45) is 0 Å². The molecule has 4 nitrogen and oxygen atoms in total. The van der Waals surface area contributed by atoms with E-state index in [4.69, 9.17) is 9.66 Å². The average Bonchev–Trinajstić information content (AvgIpc) is 1.87. The van der Waals surface area contributed by atoms with Gasteiger partial charge in [0.1, 0.15) is 0 Å². The van der Waals surface area contributed by atoms with Crippen LogP contribution in [0.15, 0.2) is 12.7 Å². The van der Waals surface area contributed by atoms with Crippen molar-refractivity contribution in [2.75, 3.05) is 12.4 Å². The lowest BCUT2D eigenvalue weighted by Gasteiger charge is -1.79. The summed E-state index contributed by atoms with van der Waals surface area (Å²) in [4.78, 5) is 0. The number of aliphatic hydroxyl groups is 1. The van der Waals surface area contributed by atoms with E-state index in [-0.39, 0.29) is 12.4 Å². The van der Waals surface area contributed by atoms with E-state index in [0.29, 0.717) is 0 Å². The number of hydrogen-bond donors (Lipinski definition) is 2. The van der Waals surface area contributed by atoms with Crippen molar-refractivity contribution in [1.82, 2.24) is 0 Å². The molecule has 0 aliphatic heterocycles. The topological polar surface area (TPSA) is 74.6 Å². The van der Waals surface area contributed by atoms with Crippen LogP contribution in [-0.4, -0.2) is 30.4 Å². The molecule has 0 unspecified atom stereocenters. The molecule has 0 spiro atoms. The summed E-state index contributed by atoms with van der Waals surface area (Å²) in [6, 6.07) is 0. The van der Waals surface area contributed by atoms with E-state index in [0.717, 1.165) is 0 Å². The van der Waals surface area contributed by atoms with Crippen LogP contribution >= 0.6 is 0 Å². The minimum absolute atomic E-state index is 0.0833. The molecule has 0 bridgehead atoms. The Morgan fingerprint density at radius 1 is 1.60 bits per heavy atom. The molecule has 62 valence electrons. The standard InChI is InChI=1S/C3H6O.C2H6O3S/c1-2-3-4;1-2-6(3,4)5/h2,4H,1,3H2;2H2,1H3,(H,3,4,5). The first-order chi connectivity index (χ1) is 4.47. The summed E-state index contributed by atoms with van der Waals surface area (Å²) in [6.07, 6.45) is 1.43. The van der Waals surface area contributed by atoms with E-state index in [1.165, 1.54) is 13.0 Å². The van der Waals surface area contributed by atoms with Crippen molar-refractivity contribution in [3.8, 4) is 0 Å². The van der Waals surface area contributed by atoms with Crippen molar-refractivity contribution in [3.05, 3.63) is 12.7 Å². The second kappa shape index (κ2) is 6.73. The summed E-state index contributed by atoms with van der Waals surface area (Å²) in [7, 11) is -3.66. The number of aliphatic hydroxyl groups excluding tert-OH is 1. The molecule has 0 amide bonds. The van der Waals surface area contributed by atoms with Gasteiger partial charge in [-0.1, -0.05) is 6.08 Å². The lowest BCUT2D eigenvalue weighted by atomic mass is 10.7. The van der Waals surface area contributed by atoms with E-state index in [1.807, 2.05) is 0 Å². The quantitative estimate of drug-likeness (QED) is 0.451. The Balaban J connectivity index is 0. The van der Waals surface area contributed by atoms with Gasteiger partial charge in [0, 0.05) is 0 Å². The third kappa shape index (κ3) is 25.5. The zero-order valence-corrected chi connectivity index (χ0v) is 6.63. The van der Waals surface area contributed by atoms with Crippen LogP contribution in [0.3, 0.4) is 0 Å². The first kappa shape index (κ1) is 12.3. The normalized spacial score (nSPS) is 9.50. The SMILES string of the molecule is C=CCO.CCS(=O)(=O)O. The van der Waals surface area contributed by atoms with Gasteiger partial charge in [-0.3, -0.25) is 4.55 Å². The number of hydrogen-bond acceptors (Lipinski definition) is 3. The van der Waals surface area contributed by atoms with Gasteiger partial charge in [-0.15, -0.1) is 6.58 Å². The van der Waals surface area contributed by atoms with Crippen molar-refractivity contribution in [1.29, 1.82) is 0 Å². The Hall–Kier alpha value is -0.390. The molecule has 0 saturated carbocycles. The van der Waals surface area contributed by atoms with Gasteiger partial charge in [0.2, 0.25) is 0 Å². The molecule has 2 N–H and O–H groups in total. The molecular formula is C5H12O4S. The fraction of sp³-hybridized carbons (Fsp3) is 0.600. The Morgan fingerprint density at radius 3 is 1.80 bits per heavy atom. The fourth-order valence-electron chi connectivity index (χ4n) is 0. The predicted octanol–water partition coefficient (Wildman–Crippen LogP) is 0.0588. The summed E-state index contributed by atoms with van der Waals surface area (Å²) in [5.41, 5.74) is 0. The van der Waals surface area contributed by atoms with Crippen LogP contribution in [0.2, 0.25) is 0 Å². The molecule has 0 aliphatic rings. The van der Waals surface area contributed by atoms with Crippen LogP contribution in [0, 0.1) is 0 Å². The molecule has 0 aromatic carbocycles. The van der Waals surface area contributed by atoms with Crippen LogP contribution in [0.5, 0.6) is 0 Å². The first-order valence-corrected chi connectivity index (χ1v) is 4.25. The van der Waals surface area contributed by atoms with Crippen LogP contribution in [0.1, 0.15) is 6.92 Å². The molecule has 0 rings (SSSR count). The monoisotopic (exact) mass is 168 g/mol. The molecule has 0 radical (unpaired) electrons. The average molecular weight is 168 g/mol. The van der Waals surface area contributed by atoms with Gasteiger partial charge in [0.05, 0.1) is 12.4 Å². The highest BCUT2D eigenvalue weighted by atomic mass is 32.2. The van der Waals surface area contributed by atoms with Crippen LogP contribution < -0.4 is 0 Å². The molecule has 0 fully saturated rings. The molecule has 10 heavy (non-hydrogen) atoms. The summed E-state index contributed by atoms with van der Waals surface area (Å²) in [5, 5.41) is 7.76. The Kier molecular flexibility index (Phi) is 8.27. The molecule has 0 aromatic rings. The third-order valence-electron chi connectivity index (χ3n) is 0.494. The van der Waals surface area contributed by atoms with E-state index < -0.39 is 10.1 Å². The molecule has 0 atom stereocenters. The van der Waals surface area contributed by atoms with Crippen molar-refractivity contribution < 1.29 is 18.1 Å². The van der Waals surface area contributed by atoms with Gasteiger partial charge in [0.15, 0.2) is 0 Å². The summed E-state index contributed by atoms with van der Waals surface area (Å²) < 4.78 is 26.9. The Bertz CT molecular complexity index is 158. The van der Waals surface area contributed by atoms with Gasteiger partial charge in [-0.05, 0) is 6.92 Å². The Labute approximate surface area is 60.9 Å². The second-order valence-electron chi connectivity index (χ2n) is 1.34.